The average Bonchev–Trinajstić information content (AvgIpc) is 3.04. The Bertz CT molecular complexity index is 988. The van der Waals surface area contributed by atoms with E-state index in [1.54, 1.807) is 19.4 Å². The molecule has 3 rings (SSSR count). The first-order valence-corrected chi connectivity index (χ1v) is 7.93. The van der Waals surface area contributed by atoms with Crippen LogP contribution in [-0.2, 0) is 0 Å². The number of methoxy groups -OCH3 is 1. The van der Waals surface area contributed by atoms with Gasteiger partial charge in [-0.2, -0.15) is 5.26 Å². The van der Waals surface area contributed by atoms with Crippen molar-refractivity contribution in [3.8, 4) is 23.1 Å². The van der Waals surface area contributed by atoms with Crippen molar-refractivity contribution in [2.24, 2.45) is 0 Å². The van der Waals surface area contributed by atoms with Crippen LogP contribution in [0.1, 0.15) is 11.3 Å². The summed E-state index contributed by atoms with van der Waals surface area (Å²) in [6.07, 6.45) is 3.12. The van der Waals surface area contributed by atoms with E-state index in [1.807, 2.05) is 24.3 Å². The first kappa shape index (κ1) is 17.5. The van der Waals surface area contributed by atoms with E-state index in [2.05, 4.69) is 10.5 Å². The van der Waals surface area contributed by atoms with Crippen LogP contribution in [-0.4, -0.2) is 12.3 Å². The number of nitrogens with zero attached hydrogens (tertiary/aromatic N) is 2. The molecule has 0 saturated heterocycles. The lowest BCUT2D eigenvalue weighted by molar-refractivity contribution is 0.414. The molecule has 130 valence electrons. The molecule has 0 unspecified atom stereocenters. The van der Waals surface area contributed by atoms with Gasteiger partial charge in [-0.1, -0.05) is 28.9 Å². The zero-order valence-electron chi connectivity index (χ0n) is 13.7. The standard InChI is InChI=1S/C19H13ClFN3O2/c1-25-13-5-2-4-12(10-13)23-9-8-17-14(11-22)19(24-26-17)18-15(20)6-3-7-16(18)21/h2-10,23H,1H3. The van der Waals surface area contributed by atoms with E-state index in [0.29, 0.717) is 5.75 Å². The number of nitrogens with one attached hydrogen (secondary N) is 1. The van der Waals surface area contributed by atoms with E-state index in [1.165, 1.54) is 24.3 Å². The maximum absolute atomic E-state index is 14.1. The van der Waals surface area contributed by atoms with Gasteiger partial charge in [0, 0.05) is 24.0 Å². The van der Waals surface area contributed by atoms with Crippen LogP contribution >= 0.6 is 11.6 Å². The molecule has 0 amide bonds. The normalized spacial score (nSPS) is 10.7. The minimum atomic E-state index is -0.577. The predicted molar refractivity (Wildman–Crippen MR) is 97.3 cm³/mol. The van der Waals surface area contributed by atoms with Gasteiger partial charge in [-0.25, -0.2) is 4.39 Å². The highest BCUT2D eigenvalue weighted by Crippen LogP contribution is 2.33. The second-order valence-corrected chi connectivity index (χ2v) is 5.60. The monoisotopic (exact) mass is 369 g/mol. The molecule has 1 aromatic heterocycles. The number of hydrogen-bond acceptors (Lipinski definition) is 5. The molecule has 0 atom stereocenters. The molecular weight excluding hydrogens is 357 g/mol. The van der Waals surface area contributed by atoms with Gasteiger partial charge in [0.25, 0.3) is 0 Å². The van der Waals surface area contributed by atoms with E-state index in [9.17, 15) is 9.65 Å². The van der Waals surface area contributed by atoms with Crippen LogP contribution in [0.15, 0.2) is 53.2 Å². The van der Waals surface area contributed by atoms with Crippen molar-refractivity contribution in [3.05, 3.63) is 70.8 Å². The highest BCUT2D eigenvalue weighted by Gasteiger charge is 2.21. The average molecular weight is 370 g/mol. The lowest BCUT2D eigenvalue weighted by Gasteiger charge is -2.03. The van der Waals surface area contributed by atoms with Crippen LogP contribution in [0.2, 0.25) is 5.02 Å². The quantitative estimate of drug-likeness (QED) is 0.677. The minimum Gasteiger partial charge on any atom is -0.497 e. The molecular formula is C19H13ClFN3O2. The summed E-state index contributed by atoms with van der Waals surface area (Å²) < 4.78 is 24.4. The Balaban J connectivity index is 1.88. The van der Waals surface area contributed by atoms with E-state index >= 15 is 0 Å². The van der Waals surface area contributed by atoms with Crippen molar-refractivity contribution in [1.29, 1.82) is 5.26 Å². The lowest BCUT2D eigenvalue weighted by atomic mass is 10.1. The highest BCUT2D eigenvalue weighted by atomic mass is 35.5. The molecule has 3 aromatic rings. The van der Waals surface area contributed by atoms with Crippen LogP contribution in [0.3, 0.4) is 0 Å². The summed E-state index contributed by atoms with van der Waals surface area (Å²) in [5, 5.41) is 16.4. The lowest BCUT2D eigenvalue weighted by Crippen LogP contribution is -1.90. The Hall–Kier alpha value is -3.30. The van der Waals surface area contributed by atoms with Crippen LogP contribution < -0.4 is 10.1 Å². The summed E-state index contributed by atoms with van der Waals surface area (Å²) in [6, 6.07) is 13.5. The maximum atomic E-state index is 14.1. The summed E-state index contributed by atoms with van der Waals surface area (Å²) in [4.78, 5) is 0. The Morgan fingerprint density at radius 1 is 1.31 bits per heavy atom. The molecule has 5 nitrogen and oxygen atoms in total. The predicted octanol–water partition coefficient (Wildman–Crippen LogP) is 5.10. The molecule has 0 radical (unpaired) electrons. The van der Waals surface area contributed by atoms with Gasteiger partial charge in [-0.15, -0.1) is 0 Å². The summed E-state index contributed by atoms with van der Waals surface area (Å²) >= 11 is 6.04. The number of benzene rings is 2. The van der Waals surface area contributed by atoms with E-state index in [0.717, 1.165) is 5.69 Å². The zero-order valence-corrected chi connectivity index (χ0v) is 14.4. The smallest absolute Gasteiger partial charge is 0.179 e. The van der Waals surface area contributed by atoms with Gasteiger partial charge in [0.05, 0.1) is 17.7 Å². The largest absolute Gasteiger partial charge is 0.497 e. The fourth-order valence-corrected chi connectivity index (χ4v) is 2.60. The summed E-state index contributed by atoms with van der Waals surface area (Å²) in [5.41, 5.74) is 0.989. The molecule has 0 fully saturated rings. The second-order valence-electron chi connectivity index (χ2n) is 5.19. The van der Waals surface area contributed by atoms with Crippen molar-refractivity contribution >= 4 is 23.4 Å². The molecule has 0 aliphatic rings. The SMILES string of the molecule is COc1cccc(NC=Cc2onc(-c3c(F)cccc3Cl)c2C#N)c1. The van der Waals surface area contributed by atoms with E-state index < -0.39 is 5.82 Å². The van der Waals surface area contributed by atoms with E-state index in [4.69, 9.17) is 20.9 Å². The highest BCUT2D eigenvalue weighted by molar-refractivity contribution is 6.33. The first-order chi connectivity index (χ1) is 12.6. The molecule has 26 heavy (non-hydrogen) atoms. The van der Waals surface area contributed by atoms with Crippen LogP contribution in [0.25, 0.3) is 17.3 Å². The first-order valence-electron chi connectivity index (χ1n) is 7.55. The number of ether oxygens (including phenoxy) is 1. The zero-order chi connectivity index (χ0) is 18.5. The molecule has 7 heteroatoms. The third kappa shape index (κ3) is 3.53. The molecule has 0 spiro atoms. The topological polar surface area (TPSA) is 71.1 Å². The number of nitriles is 1. The fraction of sp³-hybridized carbons (Fsp3) is 0.0526. The summed E-state index contributed by atoms with van der Waals surface area (Å²) in [7, 11) is 1.58. The van der Waals surface area contributed by atoms with Gasteiger partial charge in [0.15, 0.2) is 5.76 Å². The third-order valence-corrected chi connectivity index (χ3v) is 3.90. The van der Waals surface area contributed by atoms with Crippen LogP contribution in [0.5, 0.6) is 5.75 Å². The number of rotatable bonds is 5. The molecule has 0 aliphatic heterocycles. The maximum Gasteiger partial charge on any atom is 0.179 e. The van der Waals surface area contributed by atoms with Gasteiger partial charge in [-0.3, -0.25) is 0 Å². The van der Waals surface area contributed by atoms with Gasteiger partial charge >= 0.3 is 0 Å². The van der Waals surface area contributed by atoms with Gasteiger partial charge in [-0.05, 0) is 24.3 Å². The molecule has 1 heterocycles. The molecule has 2 aromatic carbocycles. The van der Waals surface area contributed by atoms with Crippen LogP contribution in [0, 0.1) is 17.1 Å². The second kappa shape index (κ2) is 7.72. The number of hydrogen-bond donors (Lipinski definition) is 1. The molecule has 0 bridgehead atoms. The molecule has 0 saturated carbocycles. The van der Waals surface area contributed by atoms with Gasteiger partial charge < -0.3 is 14.6 Å². The van der Waals surface area contributed by atoms with Crippen molar-refractivity contribution in [3.63, 3.8) is 0 Å². The van der Waals surface area contributed by atoms with Crippen molar-refractivity contribution in [2.75, 3.05) is 12.4 Å². The third-order valence-electron chi connectivity index (χ3n) is 3.58. The fourth-order valence-electron chi connectivity index (χ4n) is 2.35. The van der Waals surface area contributed by atoms with Crippen molar-refractivity contribution in [1.82, 2.24) is 5.16 Å². The molecule has 0 aliphatic carbocycles. The van der Waals surface area contributed by atoms with E-state index in [-0.39, 0.29) is 27.6 Å². The number of halogens is 2. The molecule has 1 N–H and O–H groups in total. The Labute approximate surface area is 154 Å². The van der Waals surface area contributed by atoms with Crippen molar-refractivity contribution < 1.29 is 13.7 Å². The summed E-state index contributed by atoms with van der Waals surface area (Å²) in [5.74, 6) is 0.321. The number of anilines is 1. The van der Waals surface area contributed by atoms with Gasteiger partial charge in [0.2, 0.25) is 0 Å². The minimum absolute atomic E-state index is 0.0369. The Morgan fingerprint density at radius 3 is 2.85 bits per heavy atom. The Morgan fingerprint density at radius 2 is 2.12 bits per heavy atom. The Kier molecular flexibility index (Phi) is 5.20. The van der Waals surface area contributed by atoms with Gasteiger partial charge in [0.1, 0.15) is 28.9 Å². The summed E-state index contributed by atoms with van der Waals surface area (Å²) in [6.45, 7) is 0. The van der Waals surface area contributed by atoms with Crippen molar-refractivity contribution in [2.45, 2.75) is 0 Å². The van der Waals surface area contributed by atoms with Crippen LogP contribution in [0.4, 0.5) is 10.1 Å². The number of aromatic nitrogens is 1.